The predicted octanol–water partition coefficient (Wildman–Crippen LogP) is 6.22. The van der Waals surface area contributed by atoms with Gasteiger partial charge in [0.1, 0.15) is 0 Å². The zero-order chi connectivity index (χ0) is 15.6. The van der Waals surface area contributed by atoms with Crippen molar-refractivity contribution < 1.29 is 9.46 Å². The van der Waals surface area contributed by atoms with E-state index < -0.39 is 7.37 Å². The fourth-order valence-corrected chi connectivity index (χ4v) is 5.63. The summed E-state index contributed by atoms with van der Waals surface area (Å²) in [5.74, 6) is 0.353. The van der Waals surface area contributed by atoms with E-state index >= 15 is 0 Å². The standard InChI is InChI=1S/C17H37O2P/c1-6-9-11-14-17(13-10-7-2)20(18,19)16(5)15(4)12-8-3/h15-17H,6-14H2,1-5H3,(H,18,19). The van der Waals surface area contributed by atoms with Crippen LogP contribution in [0.1, 0.15) is 92.4 Å². The summed E-state index contributed by atoms with van der Waals surface area (Å²) in [6, 6.07) is 0. The van der Waals surface area contributed by atoms with Crippen molar-refractivity contribution in [1.29, 1.82) is 0 Å². The van der Waals surface area contributed by atoms with Crippen molar-refractivity contribution >= 4 is 7.37 Å². The van der Waals surface area contributed by atoms with E-state index in [-0.39, 0.29) is 11.3 Å². The minimum atomic E-state index is -3.05. The highest BCUT2D eigenvalue weighted by Crippen LogP contribution is 2.57. The van der Waals surface area contributed by atoms with Crippen molar-refractivity contribution in [3.63, 3.8) is 0 Å². The molecule has 0 saturated heterocycles. The van der Waals surface area contributed by atoms with Gasteiger partial charge >= 0.3 is 0 Å². The molecule has 4 unspecified atom stereocenters. The molecule has 0 saturated carbocycles. The van der Waals surface area contributed by atoms with Crippen molar-refractivity contribution in [1.82, 2.24) is 0 Å². The van der Waals surface area contributed by atoms with Crippen LogP contribution in [0, 0.1) is 5.92 Å². The van der Waals surface area contributed by atoms with Gasteiger partial charge in [-0.25, -0.2) is 0 Å². The van der Waals surface area contributed by atoms with Gasteiger partial charge in [-0.15, -0.1) is 0 Å². The molecule has 4 atom stereocenters. The Morgan fingerprint density at radius 3 is 1.90 bits per heavy atom. The van der Waals surface area contributed by atoms with Crippen LogP contribution in [0.4, 0.5) is 0 Å². The Bertz CT molecular complexity index is 278. The third-order valence-corrected chi connectivity index (χ3v) is 7.94. The van der Waals surface area contributed by atoms with E-state index in [0.717, 1.165) is 44.9 Å². The van der Waals surface area contributed by atoms with Gasteiger partial charge in [0.15, 0.2) is 0 Å². The van der Waals surface area contributed by atoms with Crippen molar-refractivity contribution in [3.05, 3.63) is 0 Å². The van der Waals surface area contributed by atoms with Crippen LogP contribution in [0.3, 0.4) is 0 Å². The molecule has 122 valence electrons. The molecule has 3 heteroatoms. The molecule has 0 rings (SSSR count). The number of hydrogen-bond donors (Lipinski definition) is 1. The monoisotopic (exact) mass is 304 g/mol. The average Bonchev–Trinajstić information content (AvgIpc) is 2.41. The molecule has 0 bridgehead atoms. The number of hydrogen-bond acceptors (Lipinski definition) is 1. The lowest BCUT2D eigenvalue weighted by atomic mass is 10.0. The Labute approximate surface area is 127 Å². The largest absolute Gasteiger partial charge is 0.344 e. The quantitative estimate of drug-likeness (QED) is 0.343. The summed E-state index contributed by atoms with van der Waals surface area (Å²) in [6.45, 7) is 10.6. The minimum absolute atomic E-state index is 0.0308. The molecule has 0 aliphatic carbocycles. The second kappa shape index (κ2) is 10.9. The summed E-state index contributed by atoms with van der Waals surface area (Å²) in [7, 11) is -3.05. The van der Waals surface area contributed by atoms with Crippen LogP contribution in [0.5, 0.6) is 0 Å². The molecule has 0 radical (unpaired) electrons. The Morgan fingerprint density at radius 1 is 0.850 bits per heavy atom. The molecule has 0 aromatic heterocycles. The van der Waals surface area contributed by atoms with Crippen LogP contribution in [0.15, 0.2) is 0 Å². The van der Waals surface area contributed by atoms with Crippen LogP contribution in [0.2, 0.25) is 0 Å². The third-order valence-electron chi connectivity index (χ3n) is 4.71. The number of unbranched alkanes of at least 4 members (excludes halogenated alkanes) is 3. The molecular formula is C17H37O2P. The smallest absolute Gasteiger partial charge is 0.206 e. The molecule has 0 spiro atoms. The van der Waals surface area contributed by atoms with Crippen LogP contribution < -0.4 is 0 Å². The fraction of sp³-hybridized carbons (Fsp3) is 1.00. The maximum Gasteiger partial charge on any atom is 0.206 e. The fourth-order valence-electron chi connectivity index (χ4n) is 2.98. The highest BCUT2D eigenvalue weighted by molar-refractivity contribution is 7.59. The lowest BCUT2D eigenvalue weighted by Gasteiger charge is -2.31. The normalized spacial score (nSPS) is 19.3. The summed E-state index contributed by atoms with van der Waals surface area (Å²) < 4.78 is 13.0. The van der Waals surface area contributed by atoms with Gasteiger partial charge in [-0.3, -0.25) is 4.57 Å². The molecule has 0 amide bonds. The van der Waals surface area contributed by atoms with E-state index in [1.165, 1.54) is 12.8 Å². The zero-order valence-electron chi connectivity index (χ0n) is 14.4. The van der Waals surface area contributed by atoms with Crippen LogP contribution in [-0.4, -0.2) is 16.2 Å². The molecule has 0 heterocycles. The number of rotatable bonds is 12. The predicted molar refractivity (Wildman–Crippen MR) is 90.8 cm³/mol. The van der Waals surface area contributed by atoms with Gasteiger partial charge in [-0.05, 0) is 18.8 Å². The maximum absolute atomic E-state index is 13.0. The molecule has 0 fully saturated rings. The topological polar surface area (TPSA) is 37.3 Å². The first-order valence-electron chi connectivity index (χ1n) is 8.73. The first-order chi connectivity index (χ1) is 9.41. The van der Waals surface area contributed by atoms with E-state index in [4.69, 9.17) is 0 Å². The first kappa shape index (κ1) is 20.2. The summed E-state index contributed by atoms with van der Waals surface area (Å²) >= 11 is 0. The summed E-state index contributed by atoms with van der Waals surface area (Å²) in [6.07, 6.45) is 9.67. The van der Waals surface area contributed by atoms with Gasteiger partial charge in [-0.1, -0.05) is 79.6 Å². The zero-order valence-corrected chi connectivity index (χ0v) is 15.3. The van der Waals surface area contributed by atoms with Crippen LogP contribution in [0.25, 0.3) is 0 Å². The summed E-state index contributed by atoms with van der Waals surface area (Å²) in [5, 5.41) is 0. The highest BCUT2D eigenvalue weighted by Gasteiger charge is 2.37. The molecule has 1 N–H and O–H groups in total. The van der Waals surface area contributed by atoms with Crippen molar-refractivity contribution in [2.24, 2.45) is 5.92 Å². The van der Waals surface area contributed by atoms with Gasteiger partial charge in [0.25, 0.3) is 0 Å². The first-order valence-corrected chi connectivity index (χ1v) is 10.5. The summed E-state index contributed by atoms with van der Waals surface area (Å²) in [5.41, 5.74) is -0.0192. The Hall–Kier alpha value is 0.190. The third kappa shape index (κ3) is 6.76. The van der Waals surface area contributed by atoms with E-state index in [1.54, 1.807) is 0 Å². The van der Waals surface area contributed by atoms with E-state index in [0.29, 0.717) is 5.92 Å². The van der Waals surface area contributed by atoms with E-state index in [2.05, 4.69) is 27.7 Å². The van der Waals surface area contributed by atoms with Gasteiger partial charge in [0.05, 0.1) is 0 Å². The highest BCUT2D eigenvalue weighted by atomic mass is 31.2. The van der Waals surface area contributed by atoms with Crippen LogP contribution >= 0.6 is 7.37 Å². The molecule has 20 heavy (non-hydrogen) atoms. The average molecular weight is 304 g/mol. The van der Waals surface area contributed by atoms with Gasteiger partial charge < -0.3 is 4.89 Å². The van der Waals surface area contributed by atoms with Crippen molar-refractivity contribution in [2.45, 2.75) is 104 Å². The Morgan fingerprint density at radius 2 is 1.40 bits per heavy atom. The van der Waals surface area contributed by atoms with E-state index in [1.807, 2.05) is 6.92 Å². The molecular weight excluding hydrogens is 267 g/mol. The van der Waals surface area contributed by atoms with Crippen LogP contribution in [-0.2, 0) is 4.57 Å². The lowest BCUT2D eigenvalue weighted by molar-refractivity contribution is 0.399. The minimum Gasteiger partial charge on any atom is -0.344 e. The molecule has 0 aromatic rings. The Balaban J connectivity index is 4.75. The van der Waals surface area contributed by atoms with Crippen molar-refractivity contribution in [2.75, 3.05) is 0 Å². The molecule has 2 nitrogen and oxygen atoms in total. The van der Waals surface area contributed by atoms with E-state index in [9.17, 15) is 9.46 Å². The van der Waals surface area contributed by atoms with Gasteiger partial charge in [-0.2, -0.15) is 0 Å². The second-order valence-electron chi connectivity index (χ2n) is 6.47. The lowest BCUT2D eigenvalue weighted by Crippen LogP contribution is -2.22. The second-order valence-corrected chi connectivity index (χ2v) is 9.36. The van der Waals surface area contributed by atoms with Crippen molar-refractivity contribution in [3.8, 4) is 0 Å². The molecule has 0 aromatic carbocycles. The van der Waals surface area contributed by atoms with Gasteiger partial charge in [0.2, 0.25) is 7.37 Å². The molecule has 0 aliphatic rings. The molecule has 0 aliphatic heterocycles. The summed E-state index contributed by atoms with van der Waals surface area (Å²) in [4.78, 5) is 10.7. The Kier molecular flexibility index (Phi) is 11.0. The maximum atomic E-state index is 13.0. The van der Waals surface area contributed by atoms with Gasteiger partial charge in [0, 0.05) is 11.3 Å². The SMILES string of the molecule is CCCCCC(CCCC)P(=O)(O)C(C)C(C)CCC.